The Bertz CT molecular complexity index is 463. The molecule has 0 spiro atoms. The molecule has 1 amide bonds. The largest absolute Gasteiger partial charge is 0.481 e. The summed E-state index contributed by atoms with van der Waals surface area (Å²) in [6.07, 6.45) is -0.00529. The molecular weight excluding hydrogens is 256 g/mol. The van der Waals surface area contributed by atoms with Gasteiger partial charge in [-0.3, -0.25) is 9.59 Å². The molecule has 0 atom stereocenters. The quantitative estimate of drug-likeness (QED) is 0.825. The molecule has 6 heteroatoms. The molecule has 0 saturated heterocycles. The zero-order valence-corrected chi connectivity index (χ0v) is 10.8. The van der Waals surface area contributed by atoms with E-state index in [0.717, 1.165) is 0 Å². The van der Waals surface area contributed by atoms with Crippen LogP contribution in [0.15, 0.2) is 18.2 Å². The number of rotatable bonds is 6. The van der Waals surface area contributed by atoms with Crippen molar-refractivity contribution in [3.05, 3.63) is 28.8 Å². The molecule has 0 heterocycles. The van der Waals surface area contributed by atoms with Crippen LogP contribution in [0.25, 0.3) is 0 Å². The second kappa shape index (κ2) is 6.26. The van der Waals surface area contributed by atoms with Gasteiger partial charge in [0.15, 0.2) is 0 Å². The highest BCUT2D eigenvalue weighted by molar-refractivity contribution is 6.31. The first-order valence-electron chi connectivity index (χ1n) is 5.51. The molecule has 0 radical (unpaired) electrons. The minimum absolute atomic E-state index is 0.00529. The van der Waals surface area contributed by atoms with E-state index in [9.17, 15) is 9.59 Å². The number of carboxylic acid groups (broad SMARTS) is 1. The lowest BCUT2D eigenvalue weighted by molar-refractivity contribution is -0.136. The maximum absolute atomic E-state index is 11.4. The first-order valence-corrected chi connectivity index (χ1v) is 5.89. The highest BCUT2D eigenvalue weighted by Gasteiger charge is 2.15. The van der Waals surface area contributed by atoms with E-state index in [0.29, 0.717) is 29.4 Å². The summed E-state index contributed by atoms with van der Waals surface area (Å²) in [4.78, 5) is 23.7. The molecule has 98 valence electrons. The standard InChI is InChI=1S/C12H15ClN2O3/c1-2-15(6-5-11(16)17)10-4-3-8(13)7-9(10)12(14)18/h3-4,7H,2,5-6H2,1H3,(H2,14,18)(H,16,17). The number of nitrogens with two attached hydrogens (primary N) is 1. The van der Waals surface area contributed by atoms with Crippen LogP contribution in [0.3, 0.4) is 0 Å². The minimum atomic E-state index is -0.886. The van der Waals surface area contributed by atoms with Crippen molar-refractivity contribution in [2.45, 2.75) is 13.3 Å². The average molecular weight is 271 g/mol. The molecule has 0 aromatic heterocycles. The summed E-state index contributed by atoms with van der Waals surface area (Å²) >= 11 is 5.82. The number of benzene rings is 1. The molecule has 0 bridgehead atoms. The van der Waals surface area contributed by atoms with Gasteiger partial charge in [0, 0.05) is 23.8 Å². The molecule has 0 aliphatic heterocycles. The second-order valence-corrected chi connectivity index (χ2v) is 4.19. The number of anilines is 1. The summed E-state index contributed by atoms with van der Waals surface area (Å²) in [6, 6.07) is 4.81. The molecule has 0 saturated carbocycles. The number of primary amides is 1. The number of carbonyl (C=O) groups is 2. The summed E-state index contributed by atoms with van der Waals surface area (Å²) in [5, 5.41) is 9.11. The van der Waals surface area contributed by atoms with Gasteiger partial charge in [-0.25, -0.2) is 0 Å². The summed E-state index contributed by atoms with van der Waals surface area (Å²) in [5.74, 6) is -1.47. The predicted molar refractivity (Wildman–Crippen MR) is 70.1 cm³/mol. The van der Waals surface area contributed by atoms with E-state index in [2.05, 4.69) is 0 Å². The van der Waals surface area contributed by atoms with Gasteiger partial charge in [-0.2, -0.15) is 0 Å². The van der Waals surface area contributed by atoms with Crippen LogP contribution in [0, 0.1) is 0 Å². The SMILES string of the molecule is CCN(CCC(=O)O)c1ccc(Cl)cc1C(N)=O. The third kappa shape index (κ3) is 3.63. The monoisotopic (exact) mass is 270 g/mol. The van der Waals surface area contributed by atoms with Crippen LogP contribution in [-0.4, -0.2) is 30.1 Å². The Labute approximate surface area is 110 Å². The van der Waals surface area contributed by atoms with Crippen molar-refractivity contribution in [1.82, 2.24) is 0 Å². The van der Waals surface area contributed by atoms with Crippen molar-refractivity contribution in [2.24, 2.45) is 5.73 Å². The lowest BCUT2D eigenvalue weighted by Crippen LogP contribution is -2.28. The maximum Gasteiger partial charge on any atom is 0.305 e. The summed E-state index contributed by atoms with van der Waals surface area (Å²) in [7, 11) is 0. The summed E-state index contributed by atoms with van der Waals surface area (Å²) in [6.45, 7) is 2.77. The first kappa shape index (κ1) is 14.3. The van der Waals surface area contributed by atoms with E-state index in [1.807, 2.05) is 6.92 Å². The molecule has 0 aliphatic rings. The van der Waals surface area contributed by atoms with Crippen LogP contribution in [0.2, 0.25) is 5.02 Å². The van der Waals surface area contributed by atoms with Gasteiger partial charge in [-0.1, -0.05) is 11.6 Å². The van der Waals surface area contributed by atoms with Crippen LogP contribution < -0.4 is 10.6 Å². The average Bonchev–Trinajstić information content (AvgIpc) is 2.30. The normalized spacial score (nSPS) is 10.1. The van der Waals surface area contributed by atoms with Gasteiger partial charge in [-0.05, 0) is 25.1 Å². The highest BCUT2D eigenvalue weighted by atomic mass is 35.5. The number of carboxylic acids is 1. The van der Waals surface area contributed by atoms with Crippen molar-refractivity contribution >= 4 is 29.2 Å². The Morgan fingerprint density at radius 1 is 1.44 bits per heavy atom. The molecule has 1 aromatic carbocycles. The van der Waals surface area contributed by atoms with E-state index in [4.69, 9.17) is 22.4 Å². The van der Waals surface area contributed by atoms with Crippen LogP contribution in [0.5, 0.6) is 0 Å². The van der Waals surface area contributed by atoms with E-state index < -0.39 is 11.9 Å². The fourth-order valence-corrected chi connectivity index (χ4v) is 1.83. The van der Waals surface area contributed by atoms with Crippen molar-refractivity contribution in [3.8, 4) is 0 Å². The van der Waals surface area contributed by atoms with E-state index in [1.54, 1.807) is 17.0 Å². The van der Waals surface area contributed by atoms with Gasteiger partial charge in [-0.15, -0.1) is 0 Å². The van der Waals surface area contributed by atoms with E-state index >= 15 is 0 Å². The van der Waals surface area contributed by atoms with Gasteiger partial charge in [0.2, 0.25) is 0 Å². The minimum Gasteiger partial charge on any atom is -0.481 e. The molecule has 0 unspecified atom stereocenters. The lowest BCUT2D eigenvalue weighted by atomic mass is 10.1. The summed E-state index contributed by atoms with van der Waals surface area (Å²) < 4.78 is 0. The zero-order valence-electron chi connectivity index (χ0n) is 10.0. The Morgan fingerprint density at radius 3 is 2.61 bits per heavy atom. The van der Waals surface area contributed by atoms with Gasteiger partial charge < -0.3 is 15.7 Å². The van der Waals surface area contributed by atoms with Crippen LogP contribution in [0.4, 0.5) is 5.69 Å². The topological polar surface area (TPSA) is 83.6 Å². The Morgan fingerprint density at radius 2 is 2.11 bits per heavy atom. The Kier molecular flexibility index (Phi) is 4.97. The van der Waals surface area contributed by atoms with Crippen molar-refractivity contribution < 1.29 is 14.7 Å². The second-order valence-electron chi connectivity index (χ2n) is 3.75. The zero-order chi connectivity index (χ0) is 13.7. The fourth-order valence-electron chi connectivity index (χ4n) is 1.66. The maximum atomic E-state index is 11.4. The fraction of sp³-hybridized carbons (Fsp3) is 0.333. The number of carbonyl (C=O) groups excluding carboxylic acids is 1. The number of hydrogen-bond donors (Lipinski definition) is 2. The van der Waals surface area contributed by atoms with Gasteiger partial charge in [0.05, 0.1) is 12.0 Å². The highest BCUT2D eigenvalue weighted by Crippen LogP contribution is 2.24. The van der Waals surface area contributed by atoms with Gasteiger partial charge in [0.25, 0.3) is 5.91 Å². The number of halogens is 1. The lowest BCUT2D eigenvalue weighted by Gasteiger charge is -2.24. The predicted octanol–water partition coefficient (Wildman–Crippen LogP) is 1.74. The molecule has 18 heavy (non-hydrogen) atoms. The molecule has 0 aliphatic carbocycles. The third-order valence-electron chi connectivity index (χ3n) is 2.54. The van der Waals surface area contributed by atoms with Crippen molar-refractivity contribution in [3.63, 3.8) is 0 Å². The van der Waals surface area contributed by atoms with Gasteiger partial charge >= 0.3 is 5.97 Å². The van der Waals surface area contributed by atoms with Gasteiger partial charge in [0.1, 0.15) is 0 Å². The van der Waals surface area contributed by atoms with Crippen molar-refractivity contribution in [1.29, 1.82) is 0 Å². The summed E-state index contributed by atoms with van der Waals surface area (Å²) in [5.41, 5.74) is 6.20. The van der Waals surface area contributed by atoms with Crippen molar-refractivity contribution in [2.75, 3.05) is 18.0 Å². The smallest absolute Gasteiger partial charge is 0.305 e. The number of amides is 1. The molecular formula is C12H15ClN2O3. The number of aliphatic carboxylic acids is 1. The Hall–Kier alpha value is -1.75. The van der Waals surface area contributed by atoms with E-state index in [-0.39, 0.29) is 6.42 Å². The molecule has 0 fully saturated rings. The molecule has 5 nitrogen and oxygen atoms in total. The molecule has 3 N–H and O–H groups in total. The molecule has 1 rings (SSSR count). The first-order chi connectivity index (χ1) is 8.45. The number of nitrogens with zero attached hydrogens (tertiary/aromatic N) is 1. The third-order valence-corrected chi connectivity index (χ3v) is 2.78. The Balaban J connectivity index is 3.04. The molecule has 1 aromatic rings. The van der Waals surface area contributed by atoms with Crippen LogP contribution in [0.1, 0.15) is 23.7 Å². The van der Waals surface area contributed by atoms with Crippen LogP contribution in [-0.2, 0) is 4.79 Å². The van der Waals surface area contributed by atoms with Crippen LogP contribution >= 0.6 is 11.6 Å². The number of hydrogen-bond acceptors (Lipinski definition) is 3. The van der Waals surface area contributed by atoms with E-state index in [1.165, 1.54) is 6.07 Å².